The van der Waals surface area contributed by atoms with Crippen molar-refractivity contribution in [3.63, 3.8) is 0 Å². The molecule has 0 spiro atoms. The first-order valence-corrected chi connectivity index (χ1v) is 22.0. The van der Waals surface area contributed by atoms with E-state index in [1.165, 1.54) is 14.7 Å². The molecule has 0 nitrogen and oxygen atoms in total. The van der Waals surface area contributed by atoms with Gasteiger partial charge in [0.1, 0.15) is 0 Å². The fraction of sp³-hybridized carbons (Fsp3) is 0.0769. The third-order valence-electron chi connectivity index (χ3n) is 2.46. The Bertz CT molecular complexity index is 492. The summed E-state index contributed by atoms with van der Waals surface area (Å²) in [5.41, 5.74) is 2.73. The minimum atomic E-state index is -2.33. The number of rotatable bonds is 3. The summed E-state index contributed by atoms with van der Waals surface area (Å²) in [6.07, 6.45) is 0.980. The van der Waals surface area contributed by atoms with Crippen molar-refractivity contribution in [3.8, 4) is 0 Å². The molecule has 17 heavy (non-hydrogen) atoms. The van der Waals surface area contributed by atoms with E-state index in [9.17, 15) is 0 Å². The summed E-state index contributed by atoms with van der Waals surface area (Å²) in [4.78, 5) is 0. The molecule has 0 amide bonds. The van der Waals surface area contributed by atoms with Gasteiger partial charge < -0.3 is 0 Å². The Labute approximate surface area is 124 Å². The molecule has 0 saturated carbocycles. The molecule has 0 aliphatic heterocycles. The predicted molar refractivity (Wildman–Crippen MR) is 87.9 cm³/mol. The second kappa shape index (κ2) is 6.21. The van der Waals surface area contributed by atoms with Gasteiger partial charge in [0, 0.05) is 0 Å². The molecule has 2 rings (SSSR count). The van der Waals surface area contributed by atoms with Gasteiger partial charge in [0.25, 0.3) is 0 Å². The minimum absolute atomic E-state index is 0.980. The van der Waals surface area contributed by atoms with E-state index in [1.807, 2.05) is 0 Å². The van der Waals surface area contributed by atoms with Crippen molar-refractivity contribution < 1.29 is 0 Å². The van der Waals surface area contributed by atoms with E-state index in [4.69, 9.17) is 0 Å². The van der Waals surface area contributed by atoms with Crippen molar-refractivity contribution in [2.45, 2.75) is 6.42 Å². The first-order chi connectivity index (χ1) is 8.07. The Hall–Kier alpha value is 0.670. The van der Waals surface area contributed by atoms with Crippen LogP contribution in [0.3, 0.4) is 0 Å². The van der Waals surface area contributed by atoms with Crippen molar-refractivity contribution >= 4 is 53.4 Å². The van der Waals surface area contributed by atoms with Gasteiger partial charge in [-0.2, -0.15) is 0 Å². The number of hydrogen-bond donors (Lipinski definition) is 0. The molecule has 0 aliphatic rings. The maximum atomic E-state index is 3.77. The third-order valence-corrected chi connectivity index (χ3v) is 12.0. The van der Waals surface area contributed by atoms with E-state index in [-0.39, 0.29) is 0 Å². The second-order valence-corrected chi connectivity index (χ2v) is 44.3. The van der Waals surface area contributed by atoms with Crippen LogP contribution < -0.4 is 3.61 Å². The summed E-state index contributed by atoms with van der Waals surface area (Å²) < 4.78 is 1.39. The monoisotopic (exact) mass is 534 g/mol. The van der Waals surface area contributed by atoms with Crippen LogP contribution in [0.4, 0.5) is 0 Å². The number of hydrogen-bond acceptors (Lipinski definition) is 0. The quantitative estimate of drug-likeness (QED) is 0.505. The molecule has 0 radical (unpaired) electrons. The summed E-state index contributed by atoms with van der Waals surface area (Å²) in [6.45, 7) is 0. The Morgan fingerprint density at radius 3 is 2.00 bits per heavy atom. The molecule has 0 bridgehead atoms. The fourth-order valence-electron chi connectivity index (χ4n) is 1.69. The van der Waals surface area contributed by atoms with E-state index in [2.05, 4.69) is 92.9 Å². The molecular formula is C13H11Br3Te. The van der Waals surface area contributed by atoms with Crippen LogP contribution >= 0.6 is 38.3 Å². The second-order valence-electron chi connectivity index (χ2n) is 3.68. The Morgan fingerprint density at radius 2 is 1.35 bits per heavy atom. The van der Waals surface area contributed by atoms with Crippen molar-refractivity contribution in [2.24, 2.45) is 0 Å². The van der Waals surface area contributed by atoms with Crippen LogP contribution in [0.2, 0.25) is 0 Å². The van der Waals surface area contributed by atoms with Gasteiger partial charge in [-0.1, -0.05) is 0 Å². The average Bonchev–Trinajstić information content (AvgIpc) is 2.30. The van der Waals surface area contributed by atoms with E-state index in [0.29, 0.717) is 0 Å². The predicted octanol–water partition coefficient (Wildman–Crippen LogP) is 4.61. The molecule has 0 saturated heterocycles. The molecule has 4 heteroatoms. The van der Waals surface area contributed by atoms with Crippen LogP contribution in [0.5, 0.6) is 0 Å². The third kappa shape index (κ3) is 4.08. The van der Waals surface area contributed by atoms with Crippen LogP contribution in [-0.2, 0) is 6.42 Å². The first kappa shape index (κ1) is 14.1. The van der Waals surface area contributed by atoms with Gasteiger partial charge in [0.05, 0.1) is 0 Å². The van der Waals surface area contributed by atoms with Gasteiger partial charge in [-0.05, 0) is 0 Å². The molecule has 0 atom stereocenters. The van der Waals surface area contributed by atoms with Crippen molar-refractivity contribution in [1.29, 1.82) is 0 Å². The average molecular weight is 535 g/mol. The molecular weight excluding hydrogens is 523 g/mol. The SMILES string of the molecule is Br[Te](Br)(Br)c1ccccc1Cc1ccccc1. The van der Waals surface area contributed by atoms with Crippen LogP contribution in [0.25, 0.3) is 0 Å². The standard InChI is InChI=1S/C13H11Br3Te/c14-17(15,16)13-9-5-4-8-12(13)10-11-6-2-1-3-7-11/h1-9H,10H2. The Balaban J connectivity index is 2.34. The number of halogens is 3. The molecule has 2 aromatic rings. The normalized spacial score (nSPS) is 12.4. The van der Waals surface area contributed by atoms with Crippen LogP contribution in [0.15, 0.2) is 54.6 Å². The van der Waals surface area contributed by atoms with E-state index in [0.717, 1.165) is 6.42 Å². The Kier molecular flexibility index (Phi) is 5.15. The molecule has 2 aromatic carbocycles. The summed E-state index contributed by atoms with van der Waals surface area (Å²) in [6, 6.07) is 19.1. The van der Waals surface area contributed by atoms with Crippen LogP contribution in [0.1, 0.15) is 11.1 Å². The van der Waals surface area contributed by atoms with E-state index >= 15 is 0 Å². The molecule has 0 heterocycles. The van der Waals surface area contributed by atoms with Gasteiger partial charge in [-0.25, -0.2) is 0 Å². The van der Waals surface area contributed by atoms with Gasteiger partial charge >= 0.3 is 126 Å². The molecule has 0 aliphatic carbocycles. The maximum absolute atomic E-state index is 3.77. The number of benzene rings is 2. The zero-order valence-electron chi connectivity index (χ0n) is 8.95. The van der Waals surface area contributed by atoms with Gasteiger partial charge in [-0.3, -0.25) is 0 Å². The summed E-state index contributed by atoms with van der Waals surface area (Å²) in [5, 5.41) is 0. The van der Waals surface area contributed by atoms with Crippen molar-refractivity contribution in [2.75, 3.05) is 0 Å². The molecule has 0 aromatic heterocycles. The topological polar surface area (TPSA) is 0 Å². The summed E-state index contributed by atoms with van der Waals surface area (Å²) >= 11 is 9.00. The van der Waals surface area contributed by atoms with Crippen LogP contribution in [0, 0.1) is 0 Å². The van der Waals surface area contributed by atoms with Crippen LogP contribution in [-0.4, -0.2) is 11.6 Å². The molecule has 0 N–H and O–H groups in total. The molecule has 90 valence electrons. The van der Waals surface area contributed by atoms with E-state index < -0.39 is 11.6 Å². The summed E-state index contributed by atoms with van der Waals surface area (Å²) in [5.74, 6) is 0. The zero-order chi connectivity index (χ0) is 12.3. The van der Waals surface area contributed by atoms with Gasteiger partial charge in [0.2, 0.25) is 0 Å². The van der Waals surface area contributed by atoms with Crippen molar-refractivity contribution in [3.05, 3.63) is 65.7 Å². The fourth-order valence-corrected chi connectivity index (χ4v) is 9.96. The summed E-state index contributed by atoms with van der Waals surface area (Å²) in [7, 11) is 0. The molecule has 0 fully saturated rings. The molecule has 0 unspecified atom stereocenters. The van der Waals surface area contributed by atoms with Gasteiger partial charge in [0.15, 0.2) is 0 Å². The van der Waals surface area contributed by atoms with Crippen molar-refractivity contribution in [1.82, 2.24) is 0 Å². The zero-order valence-corrected chi connectivity index (χ0v) is 16.0. The first-order valence-electron chi connectivity index (χ1n) is 5.11. The Morgan fingerprint density at radius 1 is 0.765 bits per heavy atom. The van der Waals surface area contributed by atoms with E-state index in [1.54, 1.807) is 0 Å². The van der Waals surface area contributed by atoms with Gasteiger partial charge in [-0.15, -0.1) is 0 Å².